The normalized spacial score (nSPS) is 11.4. The molecular weight excluding hydrogens is 316 g/mol. The molecule has 23 heavy (non-hydrogen) atoms. The van der Waals surface area contributed by atoms with Gasteiger partial charge in [-0.2, -0.15) is 0 Å². The van der Waals surface area contributed by atoms with Gasteiger partial charge in [-0.1, -0.05) is 17.7 Å². The van der Waals surface area contributed by atoms with Gasteiger partial charge in [0, 0.05) is 6.07 Å². The van der Waals surface area contributed by atoms with Crippen LogP contribution >= 0.6 is 11.6 Å². The summed E-state index contributed by atoms with van der Waals surface area (Å²) in [6.45, 7) is 1.88. The third kappa shape index (κ3) is 2.03. The third-order valence-electron chi connectivity index (χ3n) is 3.85. The Balaban J connectivity index is 2.16. The van der Waals surface area contributed by atoms with E-state index < -0.39 is 0 Å². The first-order valence-electron chi connectivity index (χ1n) is 6.99. The van der Waals surface area contributed by atoms with Crippen LogP contribution in [0.15, 0.2) is 56.3 Å². The van der Waals surface area contributed by atoms with Crippen molar-refractivity contribution in [2.24, 2.45) is 0 Å². The monoisotopic (exact) mass is 326 g/mol. The smallest absolute Gasteiger partial charge is 0.193 e. The van der Waals surface area contributed by atoms with Gasteiger partial charge in [0.1, 0.15) is 22.7 Å². The predicted molar refractivity (Wildman–Crippen MR) is 89.1 cm³/mol. The van der Waals surface area contributed by atoms with E-state index in [-0.39, 0.29) is 16.9 Å². The Morgan fingerprint density at radius 2 is 2.00 bits per heavy atom. The number of rotatable bonds is 1. The van der Waals surface area contributed by atoms with Crippen molar-refractivity contribution in [3.63, 3.8) is 0 Å². The van der Waals surface area contributed by atoms with E-state index in [0.717, 1.165) is 10.9 Å². The summed E-state index contributed by atoms with van der Waals surface area (Å²) in [4.78, 5) is 12.5. The summed E-state index contributed by atoms with van der Waals surface area (Å²) in [6, 6.07) is 9.50. The van der Waals surface area contributed by atoms with Crippen LogP contribution in [0.25, 0.3) is 33.3 Å². The second-order valence-electron chi connectivity index (χ2n) is 5.34. The van der Waals surface area contributed by atoms with Gasteiger partial charge in [0.2, 0.25) is 0 Å². The van der Waals surface area contributed by atoms with Crippen LogP contribution in [0.4, 0.5) is 0 Å². The zero-order chi connectivity index (χ0) is 16.1. The van der Waals surface area contributed by atoms with Gasteiger partial charge in [-0.3, -0.25) is 4.79 Å². The van der Waals surface area contributed by atoms with Crippen LogP contribution in [0.3, 0.4) is 0 Å². The van der Waals surface area contributed by atoms with Gasteiger partial charge < -0.3 is 13.9 Å². The minimum atomic E-state index is -0.205. The van der Waals surface area contributed by atoms with Crippen LogP contribution in [0.2, 0.25) is 5.02 Å². The van der Waals surface area contributed by atoms with Crippen LogP contribution in [0, 0.1) is 6.92 Å². The number of benzene rings is 2. The average Bonchev–Trinajstić information content (AvgIpc) is 2.89. The summed E-state index contributed by atoms with van der Waals surface area (Å²) in [6.07, 6.45) is 1.61. The van der Waals surface area contributed by atoms with Gasteiger partial charge in [-0.25, -0.2) is 0 Å². The highest BCUT2D eigenvalue weighted by atomic mass is 35.5. The van der Waals surface area contributed by atoms with E-state index in [4.69, 9.17) is 20.4 Å². The van der Waals surface area contributed by atoms with Crippen molar-refractivity contribution >= 4 is 33.5 Å². The lowest BCUT2D eigenvalue weighted by Gasteiger charge is -2.08. The van der Waals surface area contributed by atoms with Crippen molar-refractivity contribution < 1.29 is 13.9 Å². The molecule has 114 valence electrons. The number of hydrogen-bond donors (Lipinski definition) is 1. The minimum Gasteiger partial charge on any atom is -0.507 e. The van der Waals surface area contributed by atoms with E-state index in [2.05, 4.69) is 0 Å². The summed E-state index contributed by atoms with van der Waals surface area (Å²) in [5, 5.41) is 11.6. The number of halogens is 1. The molecule has 4 aromatic rings. The molecule has 4 nitrogen and oxygen atoms in total. The Hall–Kier alpha value is -2.72. The maximum Gasteiger partial charge on any atom is 0.193 e. The summed E-state index contributed by atoms with van der Waals surface area (Å²) >= 11 is 6.16. The summed E-state index contributed by atoms with van der Waals surface area (Å²) in [5.41, 5.74) is 2.03. The largest absolute Gasteiger partial charge is 0.507 e. The fourth-order valence-corrected chi connectivity index (χ4v) is 3.03. The molecule has 0 spiro atoms. The first-order chi connectivity index (χ1) is 11.1. The number of hydrogen-bond acceptors (Lipinski definition) is 4. The van der Waals surface area contributed by atoms with Crippen molar-refractivity contribution in [3.8, 4) is 17.1 Å². The molecule has 2 aromatic heterocycles. The van der Waals surface area contributed by atoms with E-state index in [1.165, 1.54) is 12.1 Å². The van der Waals surface area contributed by atoms with Gasteiger partial charge in [0.25, 0.3) is 0 Å². The molecule has 0 aliphatic rings. The first-order valence-corrected chi connectivity index (χ1v) is 7.36. The van der Waals surface area contributed by atoms with Crippen LogP contribution in [-0.2, 0) is 0 Å². The molecule has 0 amide bonds. The van der Waals surface area contributed by atoms with E-state index >= 15 is 0 Å². The Bertz CT molecular complexity index is 1100. The number of phenolic OH excluding ortho intramolecular Hbond substituents is 1. The highest BCUT2D eigenvalue weighted by Crippen LogP contribution is 2.37. The van der Waals surface area contributed by atoms with Gasteiger partial charge in [-0.05, 0) is 36.8 Å². The molecular formula is C18H11ClO4. The molecule has 4 rings (SSSR count). The molecule has 0 aliphatic carbocycles. The maximum absolute atomic E-state index is 12.5. The lowest BCUT2D eigenvalue weighted by molar-refractivity contribution is 0.474. The lowest BCUT2D eigenvalue weighted by Crippen LogP contribution is -2.00. The molecule has 0 aliphatic heterocycles. The molecule has 0 radical (unpaired) electrons. The Labute approximate surface area is 135 Å². The molecule has 2 heterocycles. The number of aryl methyl sites for hydroxylation is 1. The van der Waals surface area contributed by atoms with Gasteiger partial charge in [0.05, 0.1) is 27.6 Å². The van der Waals surface area contributed by atoms with Crippen molar-refractivity contribution in [1.82, 2.24) is 0 Å². The van der Waals surface area contributed by atoms with Crippen molar-refractivity contribution in [2.75, 3.05) is 0 Å². The number of phenols is 1. The van der Waals surface area contributed by atoms with Gasteiger partial charge >= 0.3 is 0 Å². The number of furan rings is 1. The summed E-state index contributed by atoms with van der Waals surface area (Å²) < 4.78 is 11.4. The molecule has 0 atom stereocenters. The lowest BCUT2D eigenvalue weighted by atomic mass is 10.1. The van der Waals surface area contributed by atoms with Crippen molar-refractivity contribution in [1.29, 1.82) is 0 Å². The van der Waals surface area contributed by atoms with Crippen LogP contribution < -0.4 is 5.43 Å². The quantitative estimate of drug-likeness (QED) is 0.542. The molecule has 0 bridgehead atoms. The zero-order valence-electron chi connectivity index (χ0n) is 12.1. The predicted octanol–water partition coefficient (Wildman–Crippen LogP) is 4.87. The highest BCUT2D eigenvalue weighted by Gasteiger charge is 2.17. The first kappa shape index (κ1) is 13.9. The van der Waals surface area contributed by atoms with E-state index in [9.17, 15) is 9.90 Å². The molecule has 0 saturated heterocycles. The second-order valence-corrected chi connectivity index (χ2v) is 5.75. The molecule has 0 saturated carbocycles. The maximum atomic E-state index is 12.5. The molecule has 5 heteroatoms. The van der Waals surface area contributed by atoms with Crippen molar-refractivity contribution in [3.05, 3.63) is 63.5 Å². The van der Waals surface area contributed by atoms with Crippen LogP contribution in [0.5, 0.6) is 5.75 Å². The van der Waals surface area contributed by atoms with E-state index in [0.29, 0.717) is 27.1 Å². The van der Waals surface area contributed by atoms with Gasteiger partial charge in [0.15, 0.2) is 5.43 Å². The van der Waals surface area contributed by atoms with Crippen LogP contribution in [0.1, 0.15) is 5.56 Å². The third-order valence-corrected chi connectivity index (χ3v) is 4.17. The fraction of sp³-hybridized carbons (Fsp3) is 0.0556. The fourth-order valence-electron chi connectivity index (χ4n) is 2.76. The SMILES string of the molecule is Cc1coc2ccc3c(=O)cc(-c4c(O)cccc4Cl)oc3c12. The highest BCUT2D eigenvalue weighted by molar-refractivity contribution is 6.33. The van der Waals surface area contributed by atoms with E-state index in [1.54, 1.807) is 30.5 Å². The molecule has 2 aromatic carbocycles. The topological polar surface area (TPSA) is 63.6 Å². The van der Waals surface area contributed by atoms with Crippen LogP contribution in [-0.4, -0.2) is 5.11 Å². The molecule has 0 fully saturated rings. The Morgan fingerprint density at radius 1 is 1.17 bits per heavy atom. The average molecular weight is 327 g/mol. The Kier molecular flexibility index (Phi) is 2.96. The van der Waals surface area contributed by atoms with Gasteiger partial charge in [-0.15, -0.1) is 0 Å². The number of fused-ring (bicyclic) bond motifs is 3. The number of aromatic hydroxyl groups is 1. The summed E-state index contributed by atoms with van der Waals surface area (Å²) in [5.74, 6) is 0.176. The zero-order valence-corrected chi connectivity index (χ0v) is 12.8. The summed E-state index contributed by atoms with van der Waals surface area (Å²) in [7, 11) is 0. The second kappa shape index (κ2) is 4.89. The molecule has 1 N–H and O–H groups in total. The minimum absolute atomic E-state index is 0.0453. The standard InChI is InChI=1S/C18H11ClO4/c1-9-8-22-14-6-5-10-13(21)7-15(23-18(10)16(9)14)17-11(19)3-2-4-12(17)20/h2-8,20H,1H3. The Morgan fingerprint density at radius 3 is 2.78 bits per heavy atom. The molecule has 0 unspecified atom stereocenters. The van der Waals surface area contributed by atoms with E-state index in [1.807, 2.05) is 6.92 Å². The van der Waals surface area contributed by atoms with Crippen molar-refractivity contribution in [2.45, 2.75) is 6.92 Å².